The van der Waals surface area contributed by atoms with Gasteiger partial charge in [0.15, 0.2) is 0 Å². The average Bonchev–Trinajstić information content (AvgIpc) is 2.75. The summed E-state index contributed by atoms with van der Waals surface area (Å²) in [5.41, 5.74) is 8.25. The van der Waals surface area contributed by atoms with Gasteiger partial charge in [0.1, 0.15) is 0 Å². The first kappa shape index (κ1) is 14.5. The van der Waals surface area contributed by atoms with Crippen molar-refractivity contribution in [2.75, 3.05) is 0 Å². The van der Waals surface area contributed by atoms with Crippen molar-refractivity contribution in [3.63, 3.8) is 0 Å². The smallest absolute Gasteiger partial charge is 0.0975 e. The maximum Gasteiger partial charge on any atom is 0.0975 e. The summed E-state index contributed by atoms with van der Waals surface area (Å²) in [6, 6.07) is 7.92. The van der Waals surface area contributed by atoms with Gasteiger partial charge in [-0.1, -0.05) is 30.7 Å². The Kier molecular flexibility index (Phi) is 4.29. The van der Waals surface area contributed by atoms with Crippen LogP contribution in [0.3, 0.4) is 0 Å². The largest absolute Gasteiger partial charge is 0.321 e. The normalized spacial score (nSPS) is 11.8. The second-order valence-electron chi connectivity index (χ2n) is 5.26. The van der Waals surface area contributed by atoms with Crippen molar-refractivity contribution in [1.29, 1.82) is 0 Å². The first-order valence-corrected chi connectivity index (χ1v) is 7.62. The monoisotopic (exact) mass is 294 g/mol. The van der Waals surface area contributed by atoms with E-state index in [-0.39, 0.29) is 5.54 Å². The third-order valence-electron chi connectivity index (χ3n) is 2.93. The summed E-state index contributed by atoms with van der Waals surface area (Å²) in [7, 11) is 0. The summed E-state index contributed by atoms with van der Waals surface area (Å²) in [5, 5.41) is 1.88. The predicted molar refractivity (Wildman–Crippen MR) is 83.0 cm³/mol. The molecule has 0 aliphatic carbocycles. The van der Waals surface area contributed by atoms with Crippen LogP contribution < -0.4 is 5.73 Å². The average molecular weight is 295 g/mol. The number of aromatic nitrogens is 1. The van der Waals surface area contributed by atoms with Crippen molar-refractivity contribution in [1.82, 2.24) is 4.98 Å². The summed E-state index contributed by atoms with van der Waals surface area (Å²) in [4.78, 5) is 5.91. The van der Waals surface area contributed by atoms with E-state index in [2.05, 4.69) is 6.92 Å². The third kappa shape index (κ3) is 3.56. The first-order valence-electron chi connectivity index (χ1n) is 6.42. The summed E-state index contributed by atoms with van der Waals surface area (Å²) in [6.45, 7) is 6.19. The molecule has 4 heteroatoms. The highest BCUT2D eigenvalue weighted by molar-refractivity contribution is 7.11. The Labute approximate surface area is 123 Å². The van der Waals surface area contributed by atoms with Crippen LogP contribution in [-0.2, 0) is 18.4 Å². The van der Waals surface area contributed by atoms with Crippen LogP contribution in [0.2, 0.25) is 5.02 Å². The summed E-state index contributed by atoms with van der Waals surface area (Å²) < 4.78 is 0. The topological polar surface area (TPSA) is 38.9 Å². The van der Waals surface area contributed by atoms with Gasteiger partial charge in [-0.2, -0.15) is 0 Å². The van der Waals surface area contributed by atoms with Crippen molar-refractivity contribution >= 4 is 22.9 Å². The Morgan fingerprint density at radius 2 is 1.89 bits per heavy atom. The van der Waals surface area contributed by atoms with Crippen molar-refractivity contribution in [3.8, 4) is 0 Å². The molecule has 0 fully saturated rings. The molecule has 0 saturated carbocycles. The lowest BCUT2D eigenvalue weighted by Crippen LogP contribution is -2.28. The molecular formula is C15H19ClN2S. The van der Waals surface area contributed by atoms with Crippen molar-refractivity contribution in [2.24, 2.45) is 5.73 Å². The number of hydrogen-bond donors (Lipinski definition) is 1. The molecule has 1 aromatic carbocycles. The minimum Gasteiger partial charge on any atom is -0.321 e. The lowest BCUT2D eigenvalue weighted by Gasteiger charge is -2.17. The molecule has 0 radical (unpaired) electrons. The molecule has 0 unspecified atom stereocenters. The van der Waals surface area contributed by atoms with Gasteiger partial charge in [0.25, 0.3) is 0 Å². The molecule has 2 rings (SSSR count). The summed E-state index contributed by atoms with van der Waals surface area (Å²) in [6.07, 6.45) is 1.76. The Morgan fingerprint density at radius 3 is 2.37 bits per heavy atom. The van der Waals surface area contributed by atoms with Gasteiger partial charge in [0.05, 0.1) is 10.7 Å². The zero-order valence-electron chi connectivity index (χ0n) is 11.5. The van der Waals surface area contributed by atoms with Gasteiger partial charge >= 0.3 is 0 Å². The number of benzene rings is 1. The molecule has 1 heterocycles. The van der Waals surface area contributed by atoms with Crippen LogP contribution in [0.5, 0.6) is 0 Å². The maximum atomic E-state index is 6.21. The van der Waals surface area contributed by atoms with Crippen LogP contribution in [0.4, 0.5) is 0 Å². The minimum absolute atomic E-state index is 0.318. The number of hydrogen-bond acceptors (Lipinski definition) is 3. The van der Waals surface area contributed by atoms with Gasteiger partial charge in [0.2, 0.25) is 0 Å². The number of nitrogens with zero attached hydrogens (tertiary/aromatic N) is 1. The van der Waals surface area contributed by atoms with E-state index >= 15 is 0 Å². The van der Waals surface area contributed by atoms with Crippen LogP contribution in [0, 0.1) is 0 Å². The van der Waals surface area contributed by atoms with E-state index in [1.807, 2.05) is 38.1 Å². The van der Waals surface area contributed by atoms with Gasteiger partial charge in [-0.3, -0.25) is 0 Å². The second-order valence-corrected chi connectivity index (χ2v) is 6.78. The molecule has 0 spiro atoms. The molecule has 0 aliphatic heterocycles. The molecule has 2 nitrogen and oxygen atoms in total. The van der Waals surface area contributed by atoms with Gasteiger partial charge in [-0.25, -0.2) is 4.98 Å². The van der Waals surface area contributed by atoms with Crippen LogP contribution in [0.25, 0.3) is 0 Å². The molecule has 102 valence electrons. The molecule has 19 heavy (non-hydrogen) atoms. The van der Waals surface area contributed by atoms with E-state index < -0.39 is 0 Å². The molecule has 2 N–H and O–H groups in total. The maximum absolute atomic E-state index is 6.21. The zero-order valence-corrected chi connectivity index (χ0v) is 13.1. The number of aryl methyl sites for hydroxylation is 1. The quantitative estimate of drug-likeness (QED) is 0.920. The lowest BCUT2D eigenvalue weighted by molar-refractivity contribution is 0.559. The van der Waals surface area contributed by atoms with Gasteiger partial charge in [-0.15, -0.1) is 11.3 Å². The van der Waals surface area contributed by atoms with Crippen molar-refractivity contribution < 1.29 is 0 Å². The lowest BCUT2D eigenvalue weighted by atomic mass is 10.0. The fraction of sp³-hybridized carbons (Fsp3) is 0.400. The van der Waals surface area contributed by atoms with Crippen molar-refractivity contribution in [2.45, 2.75) is 39.2 Å². The molecule has 0 saturated heterocycles. The van der Waals surface area contributed by atoms with Gasteiger partial charge in [-0.05, 0) is 38.0 Å². The second kappa shape index (κ2) is 5.61. The number of thiazole rings is 1. The highest BCUT2D eigenvalue weighted by atomic mass is 35.5. The number of nitrogens with two attached hydrogens (primary N) is 1. The molecule has 0 bridgehead atoms. The van der Waals surface area contributed by atoms with Crippen LogP contribution in [-0.4, -0.2) is 4.98 Å². The Morgan fingerprint density at radius 1 is 1.26 bits per heavy atom. The van der Waals surface area contributed by atoms with Crippen LogP contribution >= 0.6 is 22.9 Å². The van der Waals surface area contributed by atoms with Crippen molar-refractivity contribution in [3.05, 3.63) is 50.4 Å². The number of halogens is 1. The molecule has 0 atom stereocenters. The fourth-order valence-electron chi connectivity index (χ4n) is 2.00. The summed E-state index contributed by atoms with van der Waals surface area (Å²) >= 11 is 7.62. The SMILES string of the molecule is CCc1nc(Cc2ccc(Cl)cc2)sc1C(C)(C)N. The standard InChI is InChI=1S/C15H19ClN2S/c1-4-12-14(15(2,3)17)19-13(18-12)9-10-5-7-11(16)8-6-10/h5-8H,4,9,17H2,1-3H3. The van der Waals surface area contributed by atoms with Crippen LogP contribution in [0.1, 0.15) is 41.9 Å². The third-order valence-corrected chi connectivity index (χ3v) is 4.62. The summed E-state index contributed by atoms with van der Waals surface area (Å²) in [5.74, 6) is 0. The zero-order chi connectivity index (χ0) is 14.0. The van der Waals surface area contributed by atoms with E-state index in [0.717, 1.165) is 28.6 Å². The Balaban J connectivity index is 2.26. The highest BCUT2D eigenvalue weighted by Crippen LogP contribution is 2.29. The fourth-order valence-corrected chi connectivity index (χ4v) is 3.32. The van der Waals surface area contributed by atoms with E-state index in [0.29, 0.717) is 0 Å². The van der Waals surface area contributed by atoms with E-state index in [9.17, 15) is 0 Å². The number of rotatable bonds is 4. The minimum atomic E-state index is -0.318. The molecule has 0 amide bonds. The highest BCUT2D eigenvalue weighted by Gasteiger charge is 2.22. The van der Waals surface area contributed by atoms with Gasteiger partial charge in [0, 0.05) is 21.9 Å². The molecule has 1 aromatic heterocycles. The molecular weight excluding hydrogens is 276 g/mol. The van der Waals surface area contributed by atoms with Crippen LogP contribution in [0.15, 0.2) is 24.3 Å². The first-order chi connectivity index (χ1) is 8.90. The predicted octanol–water partition coefficient (Wildman–Crippen LogP) is 4.14. The Hall–Kier alpha value is -0.900. The molecule has 2 aromatic rings. The van der Waals surface area contributed by atoms with E-state index in [4.69, 9.17) is 22.3 Å². The van der Waals surface area contributed by atoms with Gasteiger partial charge < -0.3 is 5.73 Å². The van der Waals surface area contributed by atoms with E-state index in [1.165, 1.54) is 10.4 Å². The van der Waals surface area contributed by atoms with E-state index in [1.54, 1.807) is 11.3 Å². The molecule has 0 aliphatic rings. The Bertz CT molecular complexity index is 553.